The minimum Gasteiger partial charge on any atom is -0.333 e. The topological polar surface area (TPSA) is 55.9 Å². The van der Waals surface area contributed by atoms with E-state index in [0.29, 0.717) is 43.1 Å². The predicted octanol–water partition coefficient (Wildman–Crippen LogP) is 4.39. The first-order chi connectivity index (χ1) is 16.4. The Morgan fingerprint density at radius 1 is 1.11 bits per heavy atom. The summed E-state index contributed by atoms with van der Waals surface area (Å²) >= 11 is 0. The van der Waals surface area contributed by atoms with Gasteiger partial charge in [-0.3, -0.25) is 9.69 Å². The second-order valence-corrected chi connectivity index (χ2v) is 12.1. The van der Waals surface area contributed by atoms with Crippen LogP contribution in [0.3, 0.4) is 0 Å². The quantitative estimate of drug-likeness (QED) is 0.610. The van der Waals surface area contributed by atoms with Crippen LogP contribution in [-0.2, 0) is 0 Å². The molecule has 1 aliphatic heterocycles. The fraction of sp³-hybridized carbons (Fsp3) is 0.643. The number of fused-ring (bicyclic) bond motifs is 1. The minimum atomic E-state index is -0.335. The molecule has 7 heteroatoms. The molecule has 2 bridgehead atoms. The first kappa shape index (κ1) is 25.7. The Labute approximate surface area is 209 Å². The third-order valence-electron chi connectivity index (χ3n) is 8.16. The molecule has 192 valence electrons. The van der Waals surface area contributed by atoms with Crippen LogP contribution in [0.4, 0.5) is 9.18 Å². The van der Waals surface area contributed by atoms with E-state index in [-0.39, 0.29) is 23.3 Å². The number of hydrogen-bond acceptors (Lipinski definition) is 3. The van der Waals surface area contributed by atoms with Crippen molar-refractivity contribution in [3.63, 3.8) is 0 Å². The summed E-state index contributed by atoms with van der Waals surface area (Å²) in [6, 6.07) is 5.85. The molecule has 35 heavy (non-hydrogen) atoms. The molecule has 1 saturated carbocycles. The molecule has 4 aliphatic rings. The SMILES string of the molecule is CC(C)(C)NC(=O)N1CCN(CCN(CC2=CCC3CC2C3(C)C)C(=O)c2ccc(F)cc2)CC1. The number of piperazine rings is 1. The third-order valence-corrected chi connectivity index (χ3v) is 8.16. The zero-order chi connectivity index (χ0) is 25.4. The van der Waals surface area contributed by atoms with Gasteiger partial charge < -0.3 is 15.1 Å². The van der Waals surface area contributed by atoms with E-state index in [1.807, 2.05) is 30.6 Å². The zero-order valence-corrected chi connectivity index (χ0v) is 21.9. The average molecular weight is 485 g/mol. The molecule has 2 fully saturated rings. The molecule has 1 N–H and O–H groups in total. The molecule has 2 atom stereocenters. The predicted molar refractivity (Wildman–Crippen MR) is 137 cm³/mol. The van der Waals surface area contributed by atoms with Gasteiger partial charge in [-0.15, -0.1) is 0 Å². The van der Waals surface area contributed by atoms with Gasteiger partial charge in [0.2, 0.25) is 0 Å². The van der Waals surface area contributed by atoms with Gasteiger partial charge in [0.1, 0.15) is 5.82 Å². The fourth-order valence-electron chi connectivity index (χ4n) is 5.74. The molecule has 1 aromatic carbocycles. The zero-order valence-electron chi connectivity index (χ0n) is 21.9. The lowest BCUT2D eigenvalue weighted by atomic mass is 9.49. The van der Waals surface area contributed by atoms with Crippen LogP contribution in [0.5, 0.6) is 0 Å². The summed E-state index contributed by atoms with van der Waals surface area (Å²) in [5.41, 5.74) is 1.95. The number of carbonyl (C=O) groups excluding carboxylic acids is 2. The number of nitrogens with one attached hydrogen (secondary N) is 1. The van der Waals surface area contributed by atoms with Crippen molar-refractivity contribution in [1.82, 2.24) is 20.0 Å². The number of halogens is 1. The normalized spacial score (nSPS) is 23.8. The number of hydrogen-bond donors (Lipinski definition) is 1. The summed E-state index contributed by atoms with van der Waals surface area (Å²) in [4.78, 5) is 32.1. The highest BCUT2D eigenvalue weighted by molar-refractivity contribution is 5.94. The molecular formula is C28H41FN4O2. The van der Waals surface area contributed by atoms with Gasteiger partial charge in [-0.25, -0.2) is 9.18 Å². The highest BCUT2D eigenvalue weighted by Gasteiger charge is 2.51. The van der Waals surface area contributed by atoms with Crippen molar-refractivity contribution in [3.05, 3.63) is 47.3 Å². The maximum absolute atomic E-state index is 13.5. The number of benzene rings is 1. The van der Waals surface area contributed by atoms with Crippen molar-refractivity contribution >= 4 is 11.9 Å². The number of urea groups is 1. The van der Waals surface area contributed by atoms with Crippen molar-refractivity contribution < 1.29 is 14.0 Å². The van der Waals surface area contributed by atoms with Crippen molar-refractivity contribution in [1.29, 1.82) is 0 Å². The Morgan fingerprint density at radius 2 is 1.77 bits per heavy atom. The van der Waals surface area contributed by atoms with E-state index in [1.165, 1.54) is 24.1 Å². The van der Waals surface area contributed by atoms with Crippen LogP contribution in [0.1, 0.15) is 57.8 Å². The van der Waals surface area contributed by atoms with Crippen LogP contribution in [0.25, 0.3) is 0 Å². The molecule has 1 aromatic rings. The molecule has 2 unspecified atom stereocenters. The summed E-state index contributed by atoms with van der Waals surface area (Å²) in [5, 5.41) is 3.03. The van der Waals surface area contributed by atoms with Gasteiger partial charge in [0.25, 0.3) is 5.91 Å². The van der Waals surface area contributed by atoms with Crippen molar-refractivity contribution in [2.24, 2.45) is 17.3 Å². The van der Waals surface area contributed by atoms with E-state index in [4.69, 9.17) is 0 Å². The van der Waals surface area contributed by atoms with Crippen molar-refractivity contribution in [2.45, 2.75) is 53.0 Å². The highest BCUT2D eigenvalue weighted by Crippen LogP contribution is 2.59. The van der Waals surface area contributed by atoms with Crippen molar-refractivity contribution in [2.75, 3.05) is 45.8 Å². The molecule has 6 nitrogen and oxygen atoms in total. The second kappa shape index (κ2) is 9.92. The Morgan fingerprint density at radius 3 is 2.34 bits per heavy atom. The van der Waals surface area contributed by atoms with Crippen LogP contribution in [0.15, 0.2) is 35.9 Å². The number of carbonyl (C=O) groups is 2. The number of rotatable bonds is 6. The van der Waals surface area contributed by atoms with Crippen LogP contribution in [0, 0.1) is 23.1 Å². The van der Waals surface area contributed by atoms with Gasteiger partial charge >= 0.3 is 6.03 Å². The van der Waals surface area contributed by atoms with Gasteiger partial charge in [0.15, 0.2) is 0 Å². The van der Waals surface area contributed by atoms with Crippen LogP contribution in [-0.4, -0.2) is 78.0 Å². The van der Waals surface area contributed by atoms with E-state index >= 15 is 0 Å². The van der Waals surface area contributed by atoms with Gasteiger partial charge in [-0.1, -0.05) is 25.5 Å². The number of amides is 3. The van der Waals surface area contributed by atoms with E-state index in [0.717, 1.165) is 32.0 Å². The second-order valence-electron chi connectivity index (χ2n) is 12.1. The molecular weight excluding hydrogens is 443 g/mol. The number of allylic oxidation sites excluding steroid dienone is 1. The lowest BCUT2D eigenvalue weighted by molar-refractivity contribution is -0.0105. The molecule has 5 rings (SSSR count). The summed E-state index contributed by atoms with van der Waals surface area (Å²) in [6.45, 7) is 15.6. The molecule has 0 spiro atoms. The Bertz CT molecular complexity index is 958. The Balaban J connectivity index is 1.38. The first-order valence-electron chi connectivity index (χ1n) is 13.0. The first-order valence-corrected chi connectivity index (χ1v) is 13.0. The Kier molecular flexibility index (Phi) is 7.28. The van der Waals surface area contributed by atoms with Gasteiger partial charge in [-0.2, -0.15) is 0 Å². The summed E-state index contributed by atoms with van der Waals surface area (Å²) in [7, 11) is 0. The van der Waals surface area contributed by atoms with Gasteiger partial charge in [0.05, 0.1) is 0 Å². The summed E-state index contributed by atoms with van der Waals surface area (Å²) < 4.78 is 13.5. The fourth-order valence-corrected chi connectivity index (χ4v) is 5.74. The molecule has 0 aromatic heterocycles. The van der Waals surface area contributed by atoms with Gasteiger partial charge in [-0.05, 0) is 75.1 Å². The average Bonchev–Trinajstić information content (AvgIpc) is 2.81. The molecule has 3 amide bonds. The largest absolute Gasteiger partial charge is 0.333 e. The summed E-state index contributed by atoms with van der Waals surface area (Å²) in [6.07, 6.45) is 4.66. The van der Waals surface area contributed by atoms with Crippen molar-refractivity contribution in [3.8, 4) is 0 Å². The highest BCUT2D eigenvalue weighted by atomic mass is 19.1. The maximum Gasteiger partial charge on any atom is 0.317 e. The summed E-state index contributed by atoms with van der Waals surface area (Å²) in [5.74, 6) is 0.908. The van der Waals surface area contributed by atoms with E-state index in [9.17, 15) is 14.0 Å². The molecule has 1 heterocycles. The third kappa shape index (κ3) is 5.88. The smallest absolute Gasteiger partial charge is 0.317 e. The number of nitrogens with zero attached hydrogens (tertiary/aromatic N) is 3. The van der Waals surface area contributed by atoms with E-state index < -0.39 is 0 Å². The van der Waals surface area contributed by atoms with Gasteiger partial charge in [0, 0.05) is 56.9 Å². The maximum atomic E-state index is 13.5. The lowest BCUT2D eigenvalue weighted by Crippen LogP contribution is -2.56. The van der Waals surface area contributed by atoms with Crippen LogP contribution in [0.2, 0.25) is 0 Å². The minimum absolute atomic E-state index is 0.0177. The Hall–Kier alpha value is -2.41. The van der Waals surface area contributed by atoms with E-state index in [2.05, 4.69) is 30.1 Å². The molecule has 0 radical (unpaired) electrons. The lowest BCUT2D eigenvalue weighted by Gasteiger charge is -2.57. The molecule has 1 saturated heterocycles. The van der Waals surface area contributed by atoms with Crippen LogP contribution >= 0.6 is 0 Å². The molecule has 3 aliphatic carbocycles. The monoisotopic (exact) mass is 484 g/mol. The standard InChI is InChI=1S/C28H41FN4O2/c1-27(2,3)30-26(35)32-15-12-31(13-16-32)14-17-33(25(34)20-7-10-23(29)11-8-20)19-21-6-9-22-18-24(21)28(22,4)5/h6-8,10-11,22,24H,9,12-19H2,1-5H3,(H,30,35). The van der Waals surface area contributed by atoms with E-state index in [1.54, 1.807) is 12.1 Å². The van der Waals surface area contributed by atoms with Crippen LogP contribution < -0.4 is 5.32 Å².